The Bertz CT molecular complexity index is 687. The van der Waals surface area contributed by atoms with Crippen LogP contribution in [0.5, 0.6) is 0 Å². The molecule has 29 heavy (non-hydrogen) atoms. The third-order valence-electron chi connectivity index (χ3n) is 9.76. The average Bonchev–Trinajstić information content (AvgIpc) is 3.00. The molecule has 2 nitrogen and oxygen atoms in total. The van der Waals surface area contributed by atoms with Gasteiger partial charge in [-0.2, -0.15) is 0 Å². The molecule has 0 aromatic rings. The Kier molecular flexibility index (Phi) is 5.61. The Morgan fingerprint density at radius 2 is 1.83 bits per heavy atom. The van der Waals surface area contributed by atoms with Gasteiger partial charge < -0.3 is 10.2 Å². The summed E-state index contributed by atoms with van der Waals surface area (Å²) in [7, 11) is 0. The fourth-order valence-corrected chi connectivity index (χ4v) is 8.05. The molecule has 3 fully saturated rings. The zero-order valence-electron chi connectivity index (χ0n) is 19.5. The molecule has 4 rings (SSSR count). The predicted molar refractivity (Wildman–Crippen MR) is 120 cm³/mol. The van der Waals surface area contributed by atoms with Crippen LogP contribution in [0, 0.1) is 34.5 Å². The molecule has 3 saturated carbocycles. The number of rotatable bonds is 5. The van der Waals surface area contributed by atoms with Crippen LogP contribution in [0.2, 0.25) is 0 Å². The summed E-state index contributed by atoms with van der Waals surface area (Å²) in [5, 5.41) is 21.7. The van der Waals surface area contributed by atoms with Gasteiger partial charge in [-0.25, -0.2) is 0 Å². The fourth-order valence-electron chi connectivity index (χ4n) is 8.05. The molecule has 0 aliphatic heterocycles. The smallest absolute Gasteiger partial charge is 0.0653 e. The van der Waals surface area contributed by atoms with Crippen LogP contribution in [-0.2, 0) is 0 Å². The Balaban J connectivity index is 1.57. The minimum Gasteiger partial charge on any atom is -0.393 e. The maximum absolute atomic E-state index is 11.5. The van der Waals surface area contributed by atoms with E-state index in [0.717, 1.165) is 38.0 Å². The Hall–Kier alpha value is -0.600. The molecule has 0 amide bonds. The van der Waals surface area contributed by atoms with Crippen molar-refractivity contribution in [2.75, 3.05) is 0 Å². The summed E-state index contributed by atoms with van der Waals surface area (Å²) in [6.07, 6.45) is 15.8. The maximum atomic E-state index is 11.5. The first-order chi connectivity index (χ1) is 13.6. The van der Waals surface area contributed by atoms with Crippen LogP contribution in [0.4, 0.5) is 0 Å². The molecule has 164 valence electrons. The maximum Gasteiger partial charge on any atom is 0.0653 e. The van der Waals surface area contributed by atoms with Crippen LogP contribution in [0.1, 0.15) is 98.8 Å². The molecule has 2 N–H and O–H groups in total. The van der Waals surface area contributed by atoms with Gasteiger partial charge >= 0.3 is 0 Å². The van der Waals surface area contributed by atoms with Crippen LogP contribution in [-0.4, -0.2) is 21.9 Å². The molecule has 4 aliphatic carbocycles. The summed E-state index contributed by atoms with van der Waals surface area (Å²) < 4.78 is 0. The van der Waals surface area contributed by atoms with E-state index in [9.17, 15) is 10.2 Å². The molecule has 0 bridgehead atoms. The lowest BCUT2D eigenvalue weighted by Gasteiger charge is -2.55. The number of allylic oxidation sites excluding steroid dienone is 3. The molecule has 0 heterocycles. The summed E-state index contributed by atoms with van der Waals surface area (Å²) in [4.78, 5) is 0. The molecule has 0 aromatic carbocycles. The van der Waals surface area contributed by atoms with Crippen LogP contribution in [0.3, 0.4) is 0 Å². The third-order valence-corrected chi connectivity index (χ3v) is 9.76. The first kappa shape index (κ1) is 21.6. The molecule has 0 unspecified atom stereocenters. The van der Waals surface area contributed by atoms with Gasteiger partial charge in [-0.15, -0.1) is 0 Å². The summed E-state index contributed by atoms with van der Waals surface area (Å²) in [5.74, 6) is 2.42. The summed E-state index contributed by atoms with van der Waals surface area (Å²) in [6.45, 7) is 11.7. The molecule has 0 radical (unpaired) electrons. The average molecular weight is 401 g/mol. The van der Waals surface area contributed by atoms with Crippen LogP contribution >= 0.6 is 0 Å². The van der Waals surface area contributed by atoms with Gasteiger partial charge in [0.25, 0.3) is 0 Å². The standard InChI is InChI=1S/C27H44O2/c1-18(2)7-6-14-27(5,29)24-11-10-22-21-9-8-19-17-20(28)12-15-25(19,3)23(21)13-16-26(22,24)4/h8-9,18,20,22-24,28-29H,6-7,10-17H2,1-5H3/t20-,22-,23+,24-,25+,26-,27+/m0/s1. The van der Waals surface area contributed by atoms with E-state index in [1.807, 2.05) is 0 Å². The van der Waals surface area contributed by atoms with Gasteiger partial charge in [0.15, 0.2) is 0 Å². The second kappa shape index (κ2) is 7.52. The van der Waals surface area contributed by atoms with Crippen molar-refractivity contribution in [3.05, 3.63) is 23.3 Å². The first-order valence-corrected chi connectivity index (χ1v) is 12.4. The number of hydrogen-bond donors (Lipinski definition) is 2. The number of aliphatic hydroxyl groups excluding tert-OH is 1. The number of hydrogen-bond acceptors (Lipinski definition) is 2. The molecular formula is C27H44O2. The summed E-state index contributed by atoms with van der Waals surface area (Å²) >= 11 is 0. The largest absolute Gasteiger partial charge is 0.393 e. The number of aliphatic hydroxyl groups is 2. The van der Waals surface area contributed by atoms with Crippen molar-refractivity contribution in [3.63, 3.8) is 0 Å². The van der Waals surface area contributed by atoms with Crippen molar-refractivity contribution < 1.29 is 10.2 Å². The topological polar surface area (TPSA) is 40.5 Å². The fraction of sp³-hybridized carbons (Fsp3) is 0.852. The van der Waals surface area contributed by atoms with Crippen LogP contribution < -0.4 is 0 Å². The molecule has 7 atom stereocenters. The normalized spacial score (nSPS) is 43.7. The van der Waals surface area contributed by atoms with Gasteiger partial charge in [0.05, 0.1) is 11.7 Å². The Morgan fingerprint density at radius 3 is 2.55 bits per heavy atom. The summed E-state index contributed by atoms with van der Waals surface area (Å²) in [6, 6.07) is 0. The van der Waals surface area contributed by atoms with Crippen molar-refractivity contribution in [2.45, 2.75) is 111 Å². The van der Waals surface area contributed by atoms with E-state index in [2.05, 4.69) is 46.8 Å². The van der Waals surface area contributed by atoms with E-state index in [1.165, 1.54) is 37.7 Å². The lowest BCUT2D eigenvalue weighted by molar-refractivity contribution is -0.0726. The second-order valence-electron chi connectivity index (χ2n) is 12.1. The Labute approximate surface area is 178 Å². The quantitative estimate of drug-likeness (QED) is 0.559. The van der Waals surface area contributed by atoms with E-state index in [1.54, 1.807) is 5.57 Å². The SMILES string of the molecule is CC(C)CCC[C@@](C)(O)[C@H]1CC[C@H]2C3=CC=C4C[C@@H](O)CC[C@@]4(C)[C@@H]3CC[C@@]21C. The predicted octanol–water partition coefficient (Wildman–Crippen LogP) is 6.42. The lowest BCUT2D eigenvalue weighted by Crippen LogP contribution is -2.49. The van der Waals surface area contributed by atoms with Crippen molar-refractivity contribution in [3.8, 4) is 0 Å². The van der Waals surface area contributed by atoms with E-state index < -0.39 is 5.60 Å². The van der Waals surface area contributed by atoms with Crippen molar-refractivity contribution in [2.24, 2.45) is 34.5 Å². The highest BCUT2D eigenvalue weighted by Crippen LogP contribution is 2.66. The van der Waals surface area contributed by atoms with Gasteiger partial charge in [0.2, 0.25) is 0 Å². The zero-order valence-corrected chi connectivity index (χ0v) is 19.5. The molecule has 0 saturated heterocycles. The van der Waals surface area contributed by atoms with E-state index in [-0.39, 0.29) is 16.9 Å². The van der Waals surface area contributed by atoms with Gasteiger partial charge in [-0.1, -0.05) is 63.8 Å². The second-order valence-corrected chi connectivity index (χ2v) is 12.1. The monoisotopic (exact) mass is 400 g/mol. The van der Waals surface area contributed by atoms with Crippen molar-refractivity contribution >= 4 is 0 Å². The minimum absolute atomic E-state index is 0.144. The van der Waals surface area contributed by atoms with E-state index >= 15 is 0 Å². The van der Waals surface area contributed by atoms with Crippen LogP contribution in [0.15, 0.2) is 23.3 Å². The van der Waals surface area contributed by atoms with Gasteiger partial charge in [-0.3, -0.25) is 0 Å². The van der Waals surface area contributed by atoms with Gasteiger partial charge in [0.1, 0.15) is 0 Å². The van der Waals surface area contributed by atoms with Crippen LogP contribution in [0.25, 0.3) is 0 Å². The van der Waals surface area contributed by atoms with Crippen molar-refractivity contribution in [1.29, 1.82) is 0 Å². The van der Waals surface area contributed by atoms with Crippen molar-refractivity contribution in [1.82, 2.24) is 0 Å². The first-order valence-electron chi connectivity index (χ1n) is 12.4. The third kappa shape index (κ3) is 3.57. The molecule has 4 aliphatic rings. The van der Waals surface area contributed by atoms with E-state index in [0.29, 0.717) is 17.8 Å². The zero-order chi connectivity index (χ0) is 21.0. The highest BCUT2D eigenvalue weighted by atomic mass is 16.3. The number of fused-ring (bicyclic) bond motifs is 5. The highest BCUT2D eigenvalue weighted by Gasteiger charge is 2.59. The highest BCUT2D eigenvalue weighted by molar-refractivity contribution is 5.39. The molecule has 2 heteroatoms. The Morgan fingerprint density at radius 1 is 1.07 bits per heavy atom. The minimum atomic E-state index is -0.541. The molecule has 0 spiro atoms. The van der Waals surface area contributed by atoms with Gasteiger partial charge in [0, 0.05) is 0 Å². The molecular weight excluding hydrogens is 356 g/mol. The lowest BCUT2D eigenvalue weighted by atomic mass is 9.49. The van der Waals surface area contributed by atoms with Gasteiger partial charge in [-0.05, 0) is 92.8 Å². The molecule has 0 aromatic heterocycles. The van der Waals surface area contributed by atoms with E-state index in [4.69, 9.17) is 0 Å². The summed E-state index contributed by atoms with van der Waals surface area (Å²) in [5.41, 5.74) is 3.12.